The van der Waals surface area contributed by atoms with Crippen LogP contribution in [0.3, 0.4) is 0 Å². The first kappa shape index (κ1) is 11.5. The number of carbonyl (C=O) groups is 1. The number of carbonyl (C=O) groups excluding carboxylic acids is 1. The summed E-state index contributed by atoms with van der Waals surface area (Å²) < 4.78 is 5.04. The molecule has 0 aliphatic heterocycles. The molecule has 1 aliphatic rings. The smallest absolute Gasteiger partial charge is 0.287 e. The molecule has 16 heavy (non-hydrogen) atoms. The van der Waals surface area contributed by atoms with Crippen molar-refractivity contribution in [3.63, 3.8) is 0 Å². The first-order valence-electron chi connectivity index (χ1n) is 5.57. The molecule has 0 atom stereocenters. The number of hydrogen-bond donors (Lipinski definition) is 1. The van der Waals surface area contributed by atoms with Crippen LogP contribution in [0.15, 0.2) is 16.5 Å². The summed E-state index contributed by atoms with van der Waals surface area (Å²) in [6.45, 7) is 5.12. The van der Waals surface area contributed by atoms with Crippen molar-refractivity contribution in [1.29, 1.82) is 0 Å². The van der Waals surface area contributed by atoms with Crippen molar-refractivity contribution >= 4 is 17.5 Å². The van der Waals surface area contributed by atoms with Gasteiger partial charge in [0.15, 0.2) is 11.0 Å². The van der Waals surface area contributed by atoms with Gasteiger partial charge in [0.1, 0.15) is 0 Å². The molecule has 1 fully saturated rings. The molecular weight excluding hydrogens is 226 g/mol. The molecule has 0 saturated heterocycles. The lowest BCUT2D eigenvalue weighted by atomic mass is 9.92. The maximum absolute atomic E-state index is 11.7. The highest BCUT2D eigenvalue weighted by Crippen LogP contribution is 2.51. The Labute approximate surface area is 100 Å². The van der Waals surface area contributed by atoms with Crippen LogP contribution in [0.2, 0.25) is 5.22 Å². The third kappa shape index (κ3) is 2.24. The van der Waals surface area contributed by atoms with Crippen LogP contribution in [0.1, 0.15) is 37.2 Å². The van der Waals surface area contributed by atoms with Crippen LogP contribution >= 0.6 is 11.6 Å². The lowest BCUT2D eigenvalue weighted by Gasteiger charge is -2.19. The molecule has 1 aromatic rings. The van der Waals surface area contributed by atoms with E-state index in [1.165, 1.54) is 12.8 Å². The third-order valence-corrected chi connectivity index (χ3v) is 3.72. The quantitative estimate of drug-likeness (QED) is 0.880. The first-order valence-corrected chi connectivity index (χ1v) is 5.95. The fraction of sp³-hybridized carbons (Fsp3) is 0.583. The van der Waals surface area contributed by atoms with E-state index in [0.717, 1.165) is 6.54 Å². The van der Waals surface area contributed by atoms with Crippen LogP contribution in [0, 0.1) is 11.3 Å². The van der Waals surface area contributed by atoms with Gasteiger partial charge in [0, 0.05) is 6.54 Å². The SMILES string of the molecule is CC(C)C1(CNC(=O)c2ccc(Cl)o2)CC1. The minimum atomic E-state index is -0.182. The highest BCUT2D eigenvalue weighted by Gasteiger charge is 2.45. The van der Waals surface area contributed by atoms with Gasteiger partial charge in [-0.05, 0) is 47.9 Å². The summed E-state index contributed by atoms with van der Waals surface area (Å²) in [6, 6.07) is 3.17. The lowest BCUT2D eigenvalue weighted by molar-refractivity contribution is 0.0912. The van der Waals surface area contributed by atoms with Gasteiger partial charge in [0.25, 0.3) is 5.91 Å². The van der Waals surface area contributed by atoms with Crippen molar-refractivity contribution in [2.75, 3.05) is 6.54 Å². The third-order valence-electron chi connectivity index (χ3n) is 3.51. The molecule has 0 aromatic carbocycles. The van der Waals surface area contributed by atoms with E-state index < -0.39 is 0 Å². The van der Waals surface area contributed by atoms with Crippen LogP contribution in [-0.4, -0.2) is 12.5 Å². The summed E-state index contributed by atoms with van der Waals surface area (Å²) in [4.78, 5) is 11.7. The Kier molecular flexibility index (Phi) is 2.98. The van der Waals surface area contributed by atoms with Crippen molar-refractivity contribution in [1.82, 2.24) is 5.32 Å². The van der Waals surface area contributed by atoms with E-state index in [1.54, 1.807) is 12.1 Å². The molecule has 1 amide bonds. The Balaban J connectivity index is 1.89. The van der Waals surface area contributed by atoms with Crippen LogP contribution < -0.4 is 5.32 Å². The number of furan rings is 1. The summed E-state index contributed by atoms with van der Waals surface area (Å²) in [5, 5.41) is 3.15. The first-order chi connectivity index (χ1) is 7.53. The van der Waals surface area contributed by atoms with Crippen LogP contribution in [0.5, 0.6) is 0 Å². The molecule has 1 aliphatic carbocycles. The molecule has 2 rings (SSSR count). The van der Waals surface area contributed by atoms with Crippen molar-refractivity contribution in [2.45, 2.75) is 26.7 Å². The average Bonchev–Trinajstić information content (AvgIpc) is 2.92. The van der Waals surface area contributed by atoms with E-state index >= 15 is 0 Å². The summed E-state index contributed by atoms with van der Waals surface area (Å²) in [5.74, 6) is 0.705. The Hall–Kier alpha value is -0.960. The number of amides is 1. The zero-order valence-corrected chi connectivity index (χ0v) is 10.3. The zero-order chi connectivity index (χ0) is 11.8. The summed E-state index contributed by atoms with van der Waals surface area (Å²) in [5.41, 5.74) is 0.312. The number of nitrogens with one attached hydrogen (secondary N) is 1. The molecule has 4 heteroatoms. The molecule has 1 heterocycles. The topological polar surface area (TPSA) is 42.2 Å². The lowest BCUT2D eigenvalue weighted by Crippen LogP contribution is -2.32. The second kappa shape index (κ2) is 4.13. The monoisotopic (exact) mass is 241 g/mol. The van der Waals surface area contributed by atoms with E-state index in [2.05, 4.69) is 19.2 Å². The number of halogens is 1. The van der Waals surface area contributed by atoms with Gasteiger partial charge in [-0.25, -0.2) is 0 Å². The molecule has 1 aromatic heterocycles. The Morgan fingerprint density at radius 2 is 2.25 bits per heavy atom. The largest absolute Gasteiger partial charge is 0.440 e. The molecule has 1 saturated carbocycles. The van der Waals surface area contributed by atoms with E-state index in [0.29, 0.717) is 11.3 Å². The van der Waals surface area contributed by atoms with Crippen molar-refractivity contribution in [3.05, 3.63) is 23.1 Å². The summed E-state index contributed by atoms with van der Waals surface area (Å²) in [7, 11) is 0. The van der Waals surface area contributed by atoms with E-state index in [4.69, 9.17) is 16.0 Å². The average molecular weight is 242 g/mol. The number of rotatable bonds is 4. The van der Waals surface area contributed by atoms with Gasteiger partial charge in [0.2, 0.25) is 0 Å². The van der Waals surface area contributed by atoms with Gasteiger partial charge in [0.05, 0.1) is 0 Å². The number of hydrogen-bond acceptors (Lipinski definition) is 2. The van der Waals surface area contributed by atoms with Gasteiger partial charge in [-0.2, -0.15) is 0 Å². The maximum Gasteiger partial charge on any atom is 0.287 e. The summed E-state index contributed by atoms with van der Waals surface area (Å²) in [6.07, 6.45) is 2.40. The fourth-order valence-corrected chi connectivity index (χ4v) is 2.04. The predicted molar refractivity (Wildman–Crippen MR) is 62.6 cm³/mol. The molecule has 0 unspecified atom stereocenters. The molecule has 0 spiro atoms. The fourth-order valence-electron chi connectivity index (χ4n) is 1.90. The van der Waals surface area contributed by atoms with Crippen LogP contribution in [0.4, 0.5) is 0 Å². The van der Waals surface area contributed by atoms with E-state index in [9.17, 15) is 4.79 Å². The van der Waals surface area contributed by atoms with E-state index in [-0.39, 0.29) is 16.9 Å². The van der Waals surface area contributed by atoms with Crippen LogP contribution in [0.25, 0.3) is 0 Å². The highest BCUT2D eigenvalue weighted by atomic mass is 35.5. The van der Waals surface area contributed by atoms with Crippen molar-refractivity contribution in [2.24, 2.45) is 11.3 Å². The van der Waals surface area contributed by atoms with Gasteiger partial charge in [-0.15, -0.1) is 0 Å². The molecule has 3 nitrogen and oxygen atoms in total. The minimum absolute atomic E-state index is 0.182. The maximum atomic E-state index is 11.7. The molecule has 0 bridgehead atoms. The molecule has 88 valence electrons. The Morgan fingerprint density at radius 3 is 2.69 bits per heavy atom. The van der Waals surface area contributed by atoms with Crippen LogP contribution in [-0.2, 0) is 0 Å². The van der Waals surface area contributed by atoms with Crippen molar-refractivity contribution in [3.8, 4) is 0 Å². The normalized spacial score (nSPS) is 17.5. The van der Waals surface area contributed by atoms with Gasteiger partial charge >= 0.3 is 0 Å². The minimum Gasteiger partial charge on any atom is -0.440 e. The second-order valence-corrected chi connectivity index (χ2v) is 5.18. The second-order valence-electron chi connectivity index (χ2n) is 4.80. The highest BCUT2D eigenvalue weighted by molar-refractivity contribution is 6.29. The van der Waals surface area contributed by atoms with Gasteiger partial charge in [-0.1, -0.05) is 13.8 Å². The standard InChI is InChI=1S/C12H16ClNO2/c1-8(2)12(5-6-12)7-14-11(15)9-3-4-10(13)16-9/h3-4,8H,5-7H2,1-2H3,(H,14,15). The van der Waals surface area contributed by atoms with Gasteiger partial charge < -0.3 is 9.73 Å². The molecule has 1 N–H and O–H groups in total. The Morgan fingerprint density at radius 1 is 1.56 bits per heavy atom. The van der Waals surface area contributed by atoms with E-state index in [1.807, 2.05) is 0 Å². The van der Waals surface area contributed by atoms with Gasteiger partial charge in [-0.3, -0.25) is 4.79 Å². The zero-order valence-electron chi connectivity index (χ0n) is 9.55. The molecule has 0 radical (unpaired) electrons. The van der Waals surface area contributed by atoms with Crippen molar-refractivity contribution < 1.29 is 9.21 Å². The molecular formula is C12H16ClNO2. The predicted octanol–water partition coefficient (Wildman–Crippen LogP) is 3.10. The summed E-state index contributed by atoms with van der Waals surface area (Å²) >= 11 is 5.61. The Bertz CT molecular complexity index is 393.